The van der Waals surface area contributed by atoms with Gasteiger partial charge in [0.1, 0.15) is 0 Å². The molecule has 1 aromatic heterocycles. The van der Waals surface area contributed by atoms with Crippen LogP contribution in [0, 0.1) is 0 Å². The van der Waals surface area contributed by atoms with Crippen LogP contribution in [0.5, 0.6) is 0 Å². The molecule has 0 bridgehead atoms. The summed E-state index contributed by atoms with van der Waals surface area (Å²) in [6, 6.07) is 2.77. The van der Waals surface area contributed by atoms with E-state index in [4.69, 9.17) is 5.73 Å². The van der Waals surface area contributed by atoms with Gasteiger partial charge in [-0.25, -0.2) is 0 Å². The van der Waals surface area contributed by atoms with E-state index in [-0.39, 0.29) is 6.04 Å². The van der Waals surface area contributed by atoms with Crippen molar-refractivity contribution < 1.29 is 0 Å². The fraction of sp³-hybridized carbons (Fsp3) is 0.750. The third kappa shape index (κ3) is 3.08. The Bertz CT molecular complexity index is 398. The molecule has 1 aliphatic carbocycles. The van der Waals surface area contributed by atoms with Crippen LogP contribution in [-0.2, 0) is 0 Å². The van der Waals surface area contributed by atoms with Crippen LogP contribution < -0.4 is 5.73 Å². The highest BCUT2D eigenvalue weighted by Crippen LogP contribution is 2.38. The molecule has 3 nitrogen and oxygen atoms in total. The quantitative estimate of drug-likeness (QED) is 0.839. The lowest BCUT2D eigenvalue weighted by atomic mass is 9.75. The Kier molecular flexibility index (Phi) is 5.24. The van der Waals surface area contributed by atoms with Crippen LogP contribution in [0.1, 0.15) is 44.2 Å². The number of nitrogens with two attached hydrogens (primary N) is 1. The molecule has 1 aliphatic rings. The molecule has 2 atom stereocenters. The zero-order chi connectivity index (χ0) is 14.8. The molecule has 4 heteroatoms. The van der Waals surface area contributed by atoms with Gasteiger partial charge < -0.3 is 10.6 Å². The molecule has 2 rings (SSSR count). The standard InChI is InChI=1S/C16H29N3S/c1-5-14(17)15(13-7-10-20-11-13)19(4)12-16(18(2)3)8-6-9-16/h7,10-11,14-15H,5-6,8-9,12,17H2,1-4H3. The van der Waals surface area contributed by atoms with Gasteiger partial charge in [-0.3, -0.25) is 4.90 Å². The Hall–Kier alpha value is -0.420. The van der Waals surface area contributed by atoms with Crippen molar-refractivity contribution in [3.05, 3.63) is 22.4 Å². The molecule has 0 aromatic carbocycles. The lowest BCUT2D eigenvalue weighted by Gasteiger charge is -2.51. The summed E-state index contributed by atoms with van der Waals surface area (Å²) in [5, 5.41) is 4.41. The number of rotatable bonds is 7. The minimum Gasteiger partial charge on any atom is -0.326 e. The summed E-state index contributed by atoms with van der Waals surface area (Å²) >= 11 is 1.76. The molecule has 0 radical (unpaired) electrons. The highest BCUT2D eigenvalue weighted by atomic mass is 32.1. The Labute approximate surface area is 127 Å². The van der Waals surface area contributed by atoms with Gasteiger partial charge in [0, 0.05) is 18.1 Å². The predicted molar refractivity (Wildman–Crippen MR) is 88.2 cm³/mol. The summed E-state index contributed by atoms with van der Waals surface area (Å²) in [7, 11) is 6.67. The molecule has 0 aliphatic heterocycles. The fourth-order valence-corrected chi connectivity index (χ4v) is 4.08. The Morgan fingerprint density at radius 1 is 1.35 bits per heavy atom. The van der Waals surface area contributed by atoms with Gasteiger partial charge in [-0.05, 0) is 69.2 Å². The smallest absolute Gasteiger partial charge is 0.0505 e. The fourth-order valence-electron chi connectivity index (χ4n) is 3.39. The summed E-state index contributed by atoms with van der Waals surface area (Å²) in [6.45, 7) is 3.29. The zero-order valence-electron chi connectivity index (χ0n) is 13.3. The molecule has 20 heavy (non-hydrogen) atoms. The van der Waals surface area contributed by atoms with E-state index >= 15 is 0 Å². The third-order valence-corrected chi connectivity index (χ3v) is 5.71. The average Bonchev–Trinajstić information content (AvgIpc) is 2.87. The monoisotopic (exact) mass is 295 g/mol. The van der Waals surface area contributed by atoms with Crippen molar-refractivity contribution in [2.75, 3.05) is 27.7 Å². The van der Waals surface area contributed by atoms with E-state index in [0.29, 0.717) is 11.6 Å². The van der Waals surface area contributed by atoms with Gasteiger partial charge in [0.05, 0.1) is 6.04 Å². The molecule has 0 spiro atoms. The van der Waals surface area contributed by atoms with E-state index in [9.17, 15) is 0 Å². The van der Waals surface area contributed by atoms with Crippen molar-refractivity contribution in [1.29, 1.82) is 0 Å². The van der Waals surface area contributed by atoms with Crippen LogP contribution in [0.4, 0.5) is 0 Å². The summed E-state index contributed by atoms with van der Waals surface area (Å²) < 4.78 is 0. The minimum atomic E-state index is 0.203. The van der Waals surface area contributed by atoms with Crippen molar-refractivity contribution in [2.24, 2.45) is 5.73 Å². The van der Waals surface area contributed by atoms with E-state index in [0.717, 1.165) is 13.0 Å². The second kappa shape index (κ2) is 6.56. The first-order chi connectivity index (χ1) is 9.50. The SMILES string of the molecule is CCC(N)C(c1ccsc1)N(C)CC1(N(C)C)CCC1. The van der Waals surface area contributed by atoms with Crippen LogP contribution >= 0.6 is 11.3 Å². The second-order valence-corrected chi connectivity index (χ2v) is 7.24. The summed E-state index contributed by atoms with van der Waals surface area (Å²) in [5.74, 6) is 0. The van der Waals surface area contributed by atoms with Crippen LogP contribution in [0.15, 0.2) is 16.8 Å². The molecular formula is C16H29N3S. The molecule has 1 saturated carbocycles. The minimum absolute atomic E-state index is 0.203. The third-order valence-electron chi connectivity index (χ3n) is 5.01. The molecule has 1 aromatic rings. The Morgan fingerprint density at radius 3 is 2.45 bits per heavy atom. The number of likely N-dealkylation sites (N-methyl/N-ethyl adjacent to an activating group) is 2. The van der Waals surface area contributed by atoms with Crippen molar-refractivity contribution in [3.63, 3.8) is 0 Å². The molecule has 1 fully saturated rings. The van der Waals surface area contributed by atoms with Gasteiger partial charge in [-0.15, -0.1) is 0 Å². The summed E-state index contributed by atoms with van der Waals surface area (Å²) in [4.78, 5) is 4.89. The van der Waals surface area contributed by atoms with Crippen molar-refractivity contribution in [1.82, 2.24) is 9.80 Å². The number of hydrogen-bond donors (Lipinski definition) is 1. The molecule has 114 valence electrons. The van der Waals surface area contributed by atoms with Gasteiger partial charge in [-0.1, -0.05) is 6.92 Å². The Balaban J connectivity index is 2.13. The highest BCUT2D eigenvalue weighted by Gasteiger charge is 2.41. The molecule has 2 unspecified atom stereocenters. The van der Waals surface area contributed by atoms with Crippen molar-refractivity contribution in [3.8, 4) is 0 Å². The van der Waals surface area contributed by atoms with Gasteiger partial charge in [-0.2, -0.15) is 11.3 Å². The normalized spacial score (nSPS) is 20.9. The van der Waals surface area contributed by atoms with Gasteiger partial charge in [0.15, 0.2) is 0 Å². The lowest BCUT2D eigenvalue weighted by molar-refractivity contribution is 0.0122. The molecule has 0 saturated heterocycles. The topological polar surface area (TPSA) is 32.5 Å². The van der Waals surface area contributed by atoms with E-state index in [1.54, 1.807) is 11.3 Å². The van der Waals surface area contributed by atoms with Crippen molar-refractivity contribution in [2.45, 2.75) is 50.2 Å². The summed E-state index contributed by atoms with van der Waals surface area (Å²) in [5.41, 5.74) is 8.15. The second-order valence-electron chi connectivity index (χ2n) is 6.46. The predicted octanol–water partition coefficient (Wildman–Crippen LogP) is 2.94. The highest BCUT2D eigenvalue weighted by molar-refractivity contribution is 7.07. The van der Waals surface area contributed by atoms with Gasteiger partial charge in [0.25, 0.3) is 0 Å². The van der Waals surface area contributed by atoms with Crippen molar-refractivity contribution >= 4 is 11.3 Å². The maximum absolute atomic E-state index is 6.41. The van der Waals surface area contributed by atoms with E-state index in [2.05, 4.69) is 54.7 Å². The summed E-state index contributed by atoms with van der Waals surface area (Å²) in [6.07, 6.45) is 4.99. The number of hydrogen-bond acceptors (Lipinski definition) is 4. The zero-order valence-corrected chi connectivity index (χ0v) is 14.1. The maximum atomic E-state index is 6.41. The molecule has 1 heterocycles. The van der Waals surface area contributed by atoms with Crippen LogP contribution in [0.2, 0.25) is 0 Å². The first kappa shape index (κ1) is 16.0. The lowest BCUT2D eigenvalue weighted by Crippen LogP contribution is -2.58. The van der Waals surface area contributed by atoms with Crippen LogP contribution in [0.3, 0.4) is 0 Å². The number of nitrogens with zero attached hydrogens (tertiary/aromatic N) is 2. The first-order valence-corrected chi connectivity index (χ1v) is 8.60. The Morgan fingerprint density at radius 2 is 2.05 bits per heavy atom. The maximum Gasteiger partial charge on any atom is 0.0505 e. The first-order valence-electron chi connectivity index (χ1n) is 7.65. The molecule has 0 amide bonds. The largest absolute Gasteiger partial charge is 0.326 e. The van der Waals surface area contributed by atoms with Crippen LogP contribution in [0.25, 0.3) is 0 Å². The molecule has 2 N–H and O–H groups in total. The van der Waals surface area contributed by atoms with E-state index < -0.39 is 0 Å². The van der Waals surface area contributed by atoms with Gasteiger partial charge >= 0.3 is 0 Å². The van der Waals surface area contributed by atoms with Crippen LogP contribution in [-0.4, -0.2) is 49.1 Å². The van der Waals surface area contributed by atoms with Gasteiger partial charge in [0.2, 0.25) is 0 Å². The van der Waals surface area contributed by atoms with E-state index in [1.807, 2.05) is 0 Å². The van der Waals surface area contributed by atoms with E-state index in [1.165, 1.54) is 24.8 Å². The molecular weight excluding hydrogens is 266 g/mol. The average molecular weight is 295 g/mol. The number of thiophene rings is 1.